The lowest BCUT2D eigenvalue weighted by molar-refractivity contribution is 0.171. The van der Waals surface area contributed by atoms with Crippen molar-refractivity contribution in [1.29, 1.82) is 0 Å². The Hall–Kier alpha value is -2.86. The Labute approximate surface area is 181 Å². The van der Waals surface area contributed by atoms with E-state index in [2.05, 4.69) is 52.1 Å². The first-order valence-electron chi connectivity index (χ1n) is 10.2. The summed E-state index contributed by atoms with van der Waals surface area (Å²) < 4.78 is 13.3. The summed E-state index contributed by atoms with van der Waals surface area (Å²) >= 11 is 1.61. The molecule has 0 bridgehead atoms. The Balaban J connectivity index is 1.79. The summed E-state index contributed by atoms with van der Waals surface area (Å²) in [6, 6.07) is 10.5. The van der Waals surface area contributed by atoms with E-state index in [0.29, 0.717) is 13.2 Å². The van der Waals surface area contributed by atoms with Crippen LogP contribution in [-0.4, -0.2) is 30.1 Å². The van der Waals surface area contributed by atoms with E-state index >= 15 is 0 Å². The van der Waals surface area contributed by atoms with Gasteiger partial charge in [-0.1, -0.05) is 6.07 Å². The number of benzene rings is 2. The topological polar surface area (TPSA) is 48.1 Å². The molecular weight excluding hydrogens is 394 g/mol. The highest BCUT2D eigenvalue weighted by molar-refractivity contribution is 7.07. The van der Waals surface area contributed by atoms with E-state index in [4.69, 9.17) is 19.6 Å². The molecule has 2 heterocycles. The van der Waals surface area contributed by atoms with E-state index in [1.165, 1.54) is 22.3 Å². The summed E-state index contributed by atoms with van der Waals surface area (Å²) in [6.07, 6.45) is 1.85. The molecule has 3 aromatic rings. The van der Waals surface area contributed by atoms with Gasteiger partial charge in [0.2, 0.25) is 4.80 Å². The summed E-state index contributed by atoms with van der Waals surface area (Å²) in [7, 11) is 0. The van der Waals surface area contributed by atoms with Gasteiger partial charge in [0.1, 0.15) is 13.2 Å². The van der Waals surface area contributed by atoms with Gasteiger partial charge in [-0.15, -0.1) is 11.3 Å². The second-order valence-corrected chi connectivity index (χ2v) is 8.67. The highest BCUT2D eigenvalue weighted by atomic mass is 32.1. The first kappa shape index (κ1) is 20.4. The van der Waals surface area contributed by atoms with Crippen molar-refractivity contribution in [2.75, 3.05) is 13.2 Å². The maximum atomic E-state index is 5.70. The van der Waals surface area contributed by atoms with Gasteiger partial charge >= 0.3 is 0 Å². The van der Waals surface area contributed by atoms with E-state index in [1.807, 2.05) is 29.1 Å². The Morgan fingerprint density at radius 2 is 1.70 bits per heavy atom. The highest BCUT2D eigenvalue weighted by Crippen LogP contribution is 2.30. The molecule has 0 spiro atoms. The molecule has 2 aromatic carbocycles. The molecule has 0 N–H and O–H groups in total. The molecule has 6 heteroatoms. The van der Waals surface area contributed by atoms with Crippen molar-refractivity contribution in [3.05, 3.63) is 62.8 Å². The molecule has 1 aromatic heterocycles. The fourth-order valence-electron chi connectivity index (χ4n) is 3.41. The van der Waals surface area contributed by atoms with Crippen molar-refractivity contribution in [2.24, 2.45) is 10.1 Å². The van der Waals surface area contributed by atoms with Gasteiger partial charge in [0.25, 0.3) is 0 Å². The summed E-state index contributed by atoms with van der Waals surface area (Å²) in [6.45, 7) is 11.8. The predicted octanol–water partition coefficient (Wildman–Crippen LogP) is 5.10. The Bertz CT molecular complexity index is 1170. The third-order valence-corrected chi connectivity index (χ3v) is 5.89. The normalized spacial score (nSPS) is 14.1. The zero-order valence-electron chi connectivity index (χ0n) is 18.1. The molecule has 4 rings (SSSR count). The van der Waals surface area contributed by atoms with Crippen LogP contribution in [0.2, 0.25) is 0 Å². The Kier molecular flexibility index (Phi) is 5.77. The number of hydrogen-bond acceptors (Lipinski definition) is 5. The number of aromatic nitrogens is 1. The molecule has 156 valence electrons. The summed E-state index contributed by atoms with van der Waals surface area (Å²) in [5, 5.41) is 6.96. The molecule has 30 heavy (non-hydrogen) atoms. The third-order valence-electron chi connectivity index (χ3n) is 5.06. The molecule has 1 aliphatic heterocycles. The second kappa shape index (κ2) is 8.48. The van der Waals surface area contributed by atoms with Gasteiger partial charge < -0.3 is 9.47 Å². The Morgan fingerprint density at radius 1 is 0.967 bits per heavy atom. The van der Waals surface area contributed by atoms with E-state index in [-0.39, 0.29) is 6.04 Å². The van der Waals surface area contributed by atoms with Crippen LogP contribution in [0.3, 0.4) is 0 Å². The minimum absolute atomic E-state index is 0.188. The fraction of sp³-hybridized carbons (Fsp3) is 0.333. The van der Waals surface area contributed by atoms with Crippen LogP contribution in [0.25, 0.3) is 11.3 Å². The smallest absolute Gasteiger partial charge is 0.206 e. The van der Waals surface area contributed by atoms with Crippen molar-refractivity contribution >= 4 is 17.6 Å². The first-order valence-corrected chi connectivity index (χ1v) is 11.1. The quantitative estimate of drug-likeness (QED) is 0.550. The van der Waals surface area contributed by atoms with Gasteiger partial charge in [-0.3, -0.25) is 4.99 Å². The molecule has 1 aliphatic rings. The van der Waals surface area contributed by atoms with Crippen LogP contribution < -0.4 is 14.3 Å². The lowest BCUT2D eigenvalue weighted by Crippen LogP contribution is -2.16. The highest BCUT2D eigenvalue weighted by Gasteiger charge is 2.13. The van der Waals surface area contributed by atoms with E-state index < -0.39 is 0 Å². The van der Waals surface area contributed by atoms with Gasteiger partial charge in [0.05, 0.1) is 11.9 Å². The molecule has 0 amide bonds. The molecule has 0 aliphatic carbocycles. The molecular formula is C24H27N3O2S. The Morgan fingerprint density at radius 3 is 2.47 bits per heavy atom. The summed E-state index contributed by atoms with van der Waals surface area (Å²) in [5.74, 6) is 1.54. The van der Waals surface area contributed by atoms with Crippen molar-refractivity contribution in [3.63, 3.8) is 0 Å². The lowest BCUT2D eigenvalue weighted by atomic mass is 9.99. The summed E-state index contributed by atoms with van der Waals surface area (Å²) in [4.78, 5) is 5.66. The first-order chi connectivity index (χ1) is 14.4. The largest absolute Gasteiger partial charge is 0.486 e. The lowest BCUT2D eigenvalue weighted by Gasteiger charge is -2.18. The zero-order chi connectivity index (χ0) is 21.3. The van der Waals surface area contributed by atoms with Gasteiger partial charge in [-0.2, -0.15) is 5.10 Å². The van der Waals surface area contributed by atoms with E-state index in [9.17, 15) is 0 Å². The maximum Gasteiger partial charge on any atom is 0.206 e. The van der Waals surface area contributed by atoms with Crippen molar-refractivity contribution < 1.29 is 9.47 Å². The number of nitrogens with zero attached hydrogens (tertiary/aromatic N) is 3. The third kappa shape index (κ3) is 4.19. The minimum atomic E-state index is 0.188. The average Bonchev–Trinajstić information content (AvgIpc) is 3.10. The number of rotatable bonds is 4. The fourth-order valence-corrected chi connectivity index (χ4v) is 4.37. The van der Waals surface area contributed by atoms with E-state index in [1.54, 1.807) is 11.3 Å². The monoisotopic (exact) mass is 421 g/mol. The van der Waals surface area contributed by atoms with Crippen LogP contribution >= 0.6 is 11.3 Å². The van der Waals surface area contributed by atoms with Crippen LogP contribution in [0.1, 0.15) is 36.1 Å². The van der Waals surface area contributed by atoms with Crippen LogP contribution in [0, 0.1) is 20.8 Å². The molecule has 0 fully saturated rings. The van der Waals surface area contributed by atoms with Crippen LogP contribution in [0.15, 0.2) is 45.8 Å². The van der Waals surface area contributed by atoms with Gasteiger partial charge in [0.15, 0.2) is 11.5 Å². The van der Waals surface area contributed by atoms with Crippen LogP contribution in [-0.2, 0) is 0 Å². The minimum Gasteiger partial charge on any atom is -0.486 e. The molecule has 0 radical (unpaired) electrons. The SMILES string of the molecule is Cc1cc(C)c(-c2csc(=NC(C)C)n2/N=C/c2ccc3c(c2)OCCO3)cc1C. The average molecular weight is 422 g/mol. The van der Waals surface area contributed by atoms with Crippen LogP contribution in [0.5, 0.6) is 11.5 Å². The standard InChI is InChI=1S/C24H27N3O2S/c1-15(2)26-24-27(21(14-30-24)20-11-17(4)16(3)10-18(20)5)25-13-19-6-7-22-23(12-19)29-9-8-28-22/h6-7,10-15H,8-9H2,1-5H3/b25-13+,26-24?. The van der Waals surface area contributed by atoms with Crippen molar-refractivity contribution in [2.45, 2.75) is 40.7 Å². The number of aryl methyl sites for hydroxylation is 3. The van der Waals surface area contributed by atoms with Gasteiger partial charge in [-0.25, -0.2) is 4.68 Å². The van der Waals surface area contributed by atoms with Crippen LogP contribution in [0.4, 0.5) is 0 Å². The van der Waals surface area contributed by atoms with Gasteiger partial charge in [0, 0.05) is 17.0 Å². The summed E-state index contributed by atoms with van der Waals surface area (Å²) in [5.41, 5.74) is 6.98. The van der Waals surface area contributed by atoms with Crippen molar-refractivity contribution in [3.8, 4) is 22.8 Å². The number of fused-ring (bicyclic) bond motifs is 1. The maximum absolute atomic E-state index is 5.70. The predicted molar refractivity (Wildman–Crippen MR) is 123 cm³/mol. The second-order valence-electron chi connectivity index (χ2n) is 7.84. The molecule has 0 saturated heterocycles. The van der Waals surface area contributed by atoms with Crippen molar-refractivity contribution in [1.82, 2.24) is 4.68 Å². The van der Waals surface area contributed by atoms with E-state index in [0.717, 1.165) is 27.6 Å². The molecule has 5 nitrogen and oxygen atoms in total. The molecule has 0 unspecified atom stereocenters. The van der Waals surface area contributed by atoms with Gasteiger partial charge in [-0.05, 0) is 81.1 Å². The molecule has 0 atom stereocenters. The number of thiazole rings is 1. The molecule has 0 saturated carbocycles. The zero-order valence-corrected chi connectivity index (χ0v) is 18.9. The number of hydrogen-bond donors (Lipinski definition) is 0. The number of ether oxygens (including phenoxy) is 2.